The van der Waals surface area contributed by atoms with Crippen LogP contribution in [-0.4, -0.2) is 7.11 Å². The van der Waals surface area contributed by atoms with Crippen molar-refractivity contribution in [2.75, 3.05) is 7.11 Å². The Balaban J connectivity index is 2.11. The number of ether oxygens (including phenoxy) is 1. The quantitative estimate of drug-likeness (QED) is 0.662. The van der Waals surface area contributed by atoms with E-state index in [-0.39, 0.29) is 0 Å². The molecule has 1 aromatic rings. The molecule has 0 fully saturated rings. The molecule has 0 spiro atoms. The van der Waals surface area contributed by atoms with Crippen molar-refractivity contribution in [3.8, 4) is 5.75 Å². The van der Waals surface area contributed by atoms with E-state index in [4.69, 9.17) is 4.74 Å². The number of hydrogen-bond acceptors (Lipinski definition) is 1. The van der Waals surface area contributed by atoms with Gasteiger partial charge >= 0.3 is 0 Å². The average Bonchev–Trinajstić information content (AvgIpc) is 2.71. The van der Waals surface area contributed by atoms with Crippen molar-refractivity contribution < 1.29 is 4.74 Å². The number of hydrogen-bond donors (Lipinski definition) is 0. The van der Waals surface area contributed by atoms with Gasteiger partial charge in [-0.15, -0.1) is 0 Å². The molecule has 0 bridgehead atoms. The standard InChI is InChI=1S/C13H16O/c1-14-13-9-5-4-8-12(13)10-11-6-2-3-7-11/h2,4-6,8-9,11H,3,7,10H2,1H3/t11-/m0/s1. The smallest absolute Gasteiger partial charge is 0.122 e. The first kappa shape index (κ1) is 9.32. The lowest BCUT2D eigenvalue weighted by Crippen LogP contribution is -1.99. The van der Waals surface area contributed by atoms with E-state index in [0.29, 0.717) is 5.92 Å². The lowest BCUT2D eigenvalue weighted by molar-refractivity contribution is 0.407. The first-order valence-corrected chi connectivity index (χ1v) is 5.18. The van der Waals surface area contributed by atoms with Gasteiger partial charge in [0.2, 0.25) is 0 Å². The molecule has 0 unspecified atom stereocenters. The summed E-state index contributed by atoms with van der Waals surface area (Å²) < 4.78 is 5.33. The van der Waals surface area contributed by atoms with Gasteiger partial charge in [-0.05, 0) is 36.8 Å². The third kappa shape index (κ3) is 1.98. The van der Waals surface area contributed by atoms with E-state index in [9.17, 15) is 0 Å². The van der Waals surface area contributed by atoms with Crippen LogP contribution in [0.25, 0.3) is 0 Å². The van der Waals surface area contributed by atoms with E-state index < -0.39 is 0 Å². The van der Waals surface area contributed by atoms with Crippen molar-refractivity contribution in [3.63, 3.8) is 0 Å². The second-order valence-electron chi connectivity index (χ2n) is 3.78. The Morgan fingerprint density at radius 3 is 2.93 bits per heavy atom. The maximum absolute atomic E-state index is 5.33. The molecule has 1 heteroatoms. The highest BCUT2D eigenvalue weighted by atomic mass is 16.5. The van der Waals surface area contributed by atoms with E-state index in [1.54, 1.807) is 7.11 Å². The molecule has 0 aromatic heterocycles. The Bertz CT molecular complexity index is 328. The van der Waals surface area contributed by atoms with Gasteiger partial charge in [-0.2, -0.15) is 0 Å². The molecule has 1 aromatic carbocycles. The highest BCUT2D eigenvalue weighted by Crippen LogP contribution is 2.26. The fourth-order valence-electron chi connectivity index (χ4n) is 2.02. The van der Waals surface area contributed by atoms with Gasteiger partial charge < -0.3 is 4.74 Å². The Labute approximate surface area is 85.4 Å². The lowest BCUT2D eigenvalue weighted by Gasteiger charge is -2.11. The molecule has 0 saturated heterocycles. The molecule has 0 amide bonds. The van der Waals surface area contributed by atoms with Crippen molar-refractivity contribution >= 4 is 0 Å². The maximum Gasteiger partial charge on any atom is 0.122 e. The molecule has 0 saturated carbocycles. The number of para-hydroxylation sites is 1. The summed E-state index contributed by atoms with van der Waals surface area (Å²) in [6.45, 7) is 0. The summed E-state index contributed by atoms with van der Waals surface area (Å²) in [4.78, 5) is 0. The number of methoxy groups -OCH3 is 1. The summed E-state index contributed by atoms with van der Waals surface area (Å²) in [5, 5.41) is 0. The SMILES string of the molecule is COc1ccccc1C[C@H]1C=CCC1. The zero-order chi connectivity index (χ0) is 9.80. The van der Waals surface area contributed by atoms with Gasteiger partial charge in [0, 0.05) is 0 Å². The summed E-state index contributed by atoms with van der Waals surface area (Å²) in [5.41, 5.74) is 1.33. The minimum Gasteiger partial charge on any atom is -0.496 e. The Morgan fingerprint density at radius 1 is 1.36 bits per heavy atom. The normalized spacial score (nSPS) is 19.9. The van der Waals surface area contributed by atoms with E-state index in [2.05, 4.69) is 24.3 Å². The van der Waals surface area contributed by atoms with Gasteiger partial charge in [0.05, 0.1) is 7.11 Å². The molecule has 0 N–H and O–H groups in total. The minimum absolute atomic E-state index is 0.714. The topological polar surface area (TPSA) is 9.23 Å². The molecule has 1 aliphatic carbocycles. The zero-order valence-electron chi connectivity index (χ0n) is 8.57. The first-order valence-electron chi connectivity index (χ1n) is 5.18. The number of allylic oxidation sites excluding steroid dienone is 2. The van der Waals surface area contributed by atoms with Gasteiger partial charge in [0.25, 0.3) is 0 Å². The van der Waals surface area contributed by atoms with Crippen molar-refractivity contribution in [3.05, 3.63) is 42.0 Å². The van der Waals surface area contributed by atoms with Crippen LogP contribution in [0.15, 0.2) is 36.4 Å². The molecule has 1 aliphatic rings. The van der Waals surface area contributed by atoms with Crippen molar-refractivity contribution in [2.24, 2.45) is 5.92 Å². The van der Waals surface area contributed by atoms with Crippen LogP contribution in [0.1, 0.15) is 18.4 Å². The lowest BCUT2D eigenvalue weighted by atomic mass is 9.98. The molecule has 0 aliphatic heterocycles. The third-order valence-electron chi connectivity index (χ3n) is 2.79. The Kier molecular flexibility index (Phi) is 2.87. The largest absolute Gasteiger partial charge is 0.496 e. The van der Waals surface area contributed by atoms with Crippen LogP contribution >= 0.6 is 0 Å². The van der Waals surface area contributed by atoms with Crippen LogP contribution < -0.4 is 4.74 Å². The van der Waals surface area contributed by atoms with Gasteiger partial charge in [-0.1, -0.05) is 30.4 Å². The molecule has 74 valence electrons. The number of rotatable bonds is 3. The van der Waals surface area contributed by atoms with Crippen LogP contribution in [0.5, 0.6) is 5.75 Å². The summed E-state index contributed by atoms with van der Waals surface area (Å²) >= 11 is 0. The summed E-state index contributed by atoms with van der Waals surface area (Å²) in [6.07, 6.45) is 8.24. The predicted octanol–water partition coefficient (Wildman–Crippen LogP) is 3.20. The summed E-state index contributed by atoms with van der Waals surface area (Å²) in [6, 6.07) is 8.29. The molecular formula is C13H16O. The van der Waals surface area contributed by atoms with E-state index in [0.717, 1.165) is 12.2 Å². The first-order chi connectivity index (χ1) is 6.90. The fraction of sp³-hybridized carbons (Fsp3) is 0.385. The molecule has 1 atom stereocenters. The highest BCUT2D eigenvalue weighted by Gasteiger charge is 2.12. The van der Waals surface area contributed by atoms with E-state index in [1.165, 1.54) is 18.4 Å². The van der Waals surface area contributed by atoms with Crippen LogP contribution in [0, 0.1) is 5.92 Å². The third-order valence-corrected chi connectivity index (χ3v) is 2.79. The molecule has 2 rings (SSSR count). The van der Waals surface area contributed by atoms with Gasteiger partial charge in [0.1, 0.15) is 5.75 Å². The van der Waals surface area contributed by atoms with Crippen molar-refractivity contribution in [1.82, 2.24) is 0 Å². The minimum atomic E-state index is 0.714. The van der Waals surface area contributed by atoms with Gasteiger partial charge in [-0.25, -0.2) is 0 Å². The Morgan fingerprint density at radius 2 is 2.21 bits per heavy atom. The molecule has 14 heavy (non-hydrogen) atoms. The monoisotopic (exact) mass is 188 g/mol. The molecule has 0 radical (unpaired) electrons. The van der Waals surface area contributed by atoms with Gasteiger partial charge in [0.15, 0.2) is 0 Å². The highest BCUT2D eigenvalue weighted by molar-refractivity contribution is 5.34. The van der Waals surface area contributed by atoms with E-state index in [1.807, 2.05) is 12.1 Å². The van der Waals surface area contributed by atoms with Crippen LogP contribution in [0.2, 0.25) is 0 Å². The second-order valence-corrected chi connectivity index (χ2v) is 3.78. The van der Waals surface area contributed by atoms with Crippen LogP contribution in [0.3, 0.4) is 0 Å². The van der Waals surface area contributed by atoms with Crippen molar-refractivity contribution in [2.45, 2.75) is 19.3 Å². The average molecular weight is 188 g/mol. The summed E-state index contributed by atoms with van der Waals surface area (Å²) in [5.74, 6) is 1.74. The van der Waals surface area contributed by atoms with Gasteiger partial charge in [-0.3, -0.25) is 0 Å². The van der Waals surface area contributed by atoms with Crippen LogP contribution in [-0.2, 0) is 6.42 Å². The second kappa shape index (κ2) is 4.32. The molecular weight excluding hydrogens is 172 g/mol. The summed E-state index contributed by atoms with van der Waals surface area (Å²) in [7, 11) is 1.74. The number of benzene rings is 1. The fourth-order valence-corrected chi connectivity index (χ4v) is 2.02. The Hall–Kier alpha value is -1.24. The zero-order valence-corrected chi connectivity index (χ0v) is 8.57. The molecule has 1 nitrogen and oxygen atoms in total. The molecule has 0 heterocycles. The maximum atomic E-state index is 5.33. The van der Waals surface area contributed by atoms with E-state index >= 15 is 0 Å². The van der Waals surface area contributed by atoms with Crippen molar-refractivity contribution in [1.29, 1.82) is 0 Å². The van der Waals surface area contributed by atoms with Crippen LogP contribution in [0.4, 0.5) is 0 Å². The predicted molar refractivity (Wildman–Crippen MR) is 58.6 cm³/mol.